The van der Waals surface area contributed by atoms with Gasteiger partial charge < -0.3 is 110 Å². The molecule has 8 unspecified atom stereocenters. The number of ether oxygens (including phenoxy) is 19. The van der Waals surface area contributed by atoms with E-state index >= 15 is 0 Å². The second-order valence-corrected chi connectivity index (χ2v) is 30.7. The minimum atomic E-state index is -0.764. The number of hydrogen-bond acceptors (Lipinski definition) is 23. The number of carboxylic acid groups (broad SMARTS) is 2. The van der Waals surface area contributed by atoms with Crippen molar-refractivity contribution in [2.45, 2.75) is 311 Å². The van der Waals surface area contributed by atoms with Crippen LogP contribution in [0.25, 0.3) is 0 Å². The average Bonchev–Trinajstić information content (AvgIpc) is 0.923. The molecule has 0 aliphatic heterocycles. The highest BCUT2D eigenvalue weighted by atomic mass is 16.6. The van der Waals surface area contributed by atoms with E-state index in [1.807, 2.05) is 55.4 Å². The van der Waals surface area contributed by atoms with Crippen molar-refractivity contribution in [3.63, 3.8) is 0 Å². The molecule has 0 amide bonds. The Morgan fingerprint density at radius 1 is 0.226 bits per heavy atom. The SMILES string of the molecule is CCCCCCCC/C=C\CCCCCCCCN(CCOCCOCCOCCOCCOCCOCC(C)OCC(C)OCC(C)OCC(C)OCC(C)OCC(C)OCC(C)OCC(C)OCCOCCOCCOCCOCCOCCN(CCCCCCCC/C=C\CCCCCCCC)CCC(=O)O)CCC(=O)O. The molecule has 0 radical (unpaired) electrons. The van der Waals surface area contributed by atoms with Crippen molar-refractivity contribution in [1.82, 2.24) is 9.80 Å². The number of aliphatic carboxylic acids is 2. The van der Waals surface area contributed by atoms with Crippen LogP contribution in [-0.4, -0.2) is 318 Å². The van der Waals surface area contributed by atoms with E-state index in [0.717, 1.165) is 39.0 Å². The van der Waals surface area contributed by atoms with Gasteiger partial charge in [-0.1, -0.05) is 154 Å². The summed E-state index contributed by atoms with van der Waals surface area (Å²) in [5.41, 5.74) is 0. The predicted octanol–water partition coefficient (Wildman–Crippen LogP) is 16.0. The molecule has 0 aromatic carbocycles. The Morgan fingerprint density at radius 3 is 0.678 bits per heavy atom. The molecule has 25 heteroatoms. The number of carbonyl (C=O) groups is 2. The second kappa shape index (κ2) is 90.8. The maximum absolute atomic E-state index is 11.2. The van der Waals surface area contributed by atoms with Crippen LogP contribution in [0.1, 0.15) is 262 Å². The van der Waals surface area contributed by atoms with Gasteiger partial charge in [-0.2, -0.15) is 0 Å². The normalized spacial score (nSPS) is 14.3. The minimum Gasteiger partial charge on any atom is -0.481 e. The van der Waals surface area contributed by atoms with Gasteiger partial charge in [0.15, 0.2) is 0 Å². The van der Waals surface area contributed by atoms with Gasteiger partial charge in [-0.3, -0.25) is 9.59 Å². The third-order valence-corrected chi connectivity index (χ3v) is 19.0. The highest BCUT2D eigenvalue weighted by Gasteiger charge is 2.17. The van der Waals surface area contributed by atoms with Gasteiger partial charge in [0.25, 0.3) is 0 Å². The van der Waals surface area contributed by atoms with Crippen LogP contribution in [0.3, 0.4) is 0 Å². The zero-order valence-electron chi connectivity index (χ0n) is 75.0. The lowest BCUT2D eigenvalue weighted by Crippen LogP contribution is -2.31. The first-order valence-electron chi connectivity index (χ1n) is 45.6. The van der Waals surface area contributed by atoms with Crippen LogP contribution in [0, 0.1) is 0 Å². The molecule has 0 bridgehead atoms. The Balaban J connectivity index is 3.73. The summed E-state index contributed by atoms with van der Waals surface area (Å²) in [6.45, 7) is 38.8. The van der Waals surface area contributed by atoms with E-state index in [1.54, 1.807) is 0 Å². The minimum absolute atomic E-state index is 0.0966. The Bertz CT molecular complexity index is 2030. The molecule has 0 fully saturated rings. The van der Waals surface area contributed by atoms with E-state index in [1.165, 1.54) is 167 Å². The second-order valence-electron chi connectivity index (χ2n) is 30.7. The van der Waals surface area contributed by atoms with E-state index in [9.17, 15) is 19.8 Å². The molecule has 0 spiro atoms. The maximum Gasteiger partial charge on any atom is 0.304 e. The van der Waals surface area contributed by atoms with E-state index in [2.05, 4.69) is 48.0 Å². The Hall–Kier alpha value is -2.42. The number of unbranched alkanes of at least 4 members (excludes halogenated alkanes) is 24. The molecule has 0 aliphatic carbocycles. The average molecular weight is 1650 g/mol. The summed E-state index contributed by atoms with van der Waals surface area (Å²) in [5, 5.41) is 18.5. The number of carboxylic acids is 2. The monoisotopic (exact) mass is 1650 g/mol. The third-order valence-electron chi connectivity index (χ3n) is 19.0. The molecule has 0 saturated heterocycles. The standard InChI is InChI=1S/C90H176N2O23/c1-11-13-15-17-19-21-23-25-27-29-31-33-35-37-39-41-45-91(47-43-89(93)94)49-51-97-53-55-99-57-59-101-61-62-103-65-66-105-69-70-107-73-81(3)109-75-83(5)111-77-85(7)113-79-87(9)115-80-88(10)114-78-86(8)112-76-84(6)110-74-82(4)108-72-71-106-68-67-104-64-63-102-60-58-100-56-54-98-52-50-92(48-44-90(95)96)46-42-40-38-36-34-32-30-28-26-24-22-20-18-16-14-12-2/h25-28,81-88H,11-24,29-80H2,1-10H3,(H,93,94)(H,95,96)/b27-25-,28-26-. The third kappa shape index (κ3) is 90.6. The fourth-order valence-corrected chi connectivity index (χ4v) is 11.9. The lowest BCUT2D eigenvalue weighted by atomic mass is 10.1. The van der Waals surface area contributed by atoms with Gasteiger partial charge in [0.1, 0.15) is 0 Å². The predicted molar refractivity (Wildman–Crippen MR) is 459 cm³/mol. The Kier molecular flexibility index (Phi) is 88.9. The van der Waals surface area contributed by atoms with Crippen LogP contribution in [0.2, 0.25) is 0 Å². The molecule has 2 N–H and O–H groups in total. The highest BCUT2D eigenvalue weighted by molar-refractivity contribution is 5.67. The lowest BCUT2D eigenvalue weighted by Gasteiger charge is -2.23. The summed E-state index contributed by atoms with van der Waals surface area (Å²) in [6, 6.07) is 0. The molecule has 0 aromatic rings. The molecule has 25 nitrogen and oxygen atoms in total. The van der Waals surface area contributed by atoms with E-state index < -0.39 is 11.9 Å². The molecular formula is C90H176N2O23. The van der Waals surface area contributed by atoms with Crippen molar-refractivity contribution in [1.29, 1.82) is 0 Å². The van der Waals surface area contributed by atoms with E-state index in [4.69, 9.17) is 90.0 Å². The van der Waals surface area contributed by atoms with E-state index in [0.29, 0.717) is 211 Å². The molecule has 8 atom stereocenters. The first kappa shape index (κ1) is 113. The van der Waals surface area contributed by atoms with Gasteiger partial charge in [-0.25, -0.2) is 0 Å². The van der Waals surface area contributed by atoms with Crippen LogP contribution < -0.4 is 0 Å². The fraction of sp³-hybridized carbons (Fsp3) is 0.933. The van der Waals surface area contributed by atoms with Gasteiger partial charge in [0.05, 0.1) is 260 Å². The molecule has 0 aliphatic rings. The largest absolute Gasteiger partial charge is 0.481 e. The first-order valence-corrected chi connectivity index (χ1v) is 45.6. The summed E-state index contributed by atoms with van der Waals surface area (Å²) in [5.74, 6) is -1.53. The van der Waals surface area contributed by atoms with Crippen LogP contribution in [0.5, 0.6) is 0 Å². The van der Waals surface area contributed by atoms with Crippen LogP contribution in [0.4, 0.5) is 0 Å². The van der Waals surface area contributed by atoms with Crippen molar-refractivity contribution in [3.8, 4) is 0 Å². The molecule has 0 heterocycles. The quantitative estimate of drug-likeness (QED) is 0.0424. The first-order chi connectivity index (χ1) is 56.1. The van der Waals surface area contributed by atoms with Gasteiger partial charge in [-0.15, -0.1) is 0 Å². The van der Waals surface area contributed by atoms with Crippen LogP contribution in [-0.2, 0) is 99.6 Å². The maximum atomic E-state index is 11.2. The Morgan fingerprint density at radius 2 is 0.426 bits per heavy atom. The zero-order valence-corrected chi connectivity index (χ0v) is 75.0. The number of nitrogens with zero attached hydrogens (tertiary/aromatic N) is 2. The van der Waals surface area contributed by atoms with Crippen molar-refractivity contribution < 1.29 is 110 Å². The smallest absolute Gasteiger partial charge is 0.304 e. The molecule has 115 heavy (non-hydrogen) atoms. The zero-order chi connectivity index (χ0) is 83.9. The lowest BCUT2D eigenvalue weighted by molar-refractivity contribution is -0.138. The Labute approximate surface area is 700 Å². The molecular weight excluding hydrogens is 1480 g/mol. The van der Waals surface area contributed by atoms with Crippen LogP contribution in [0.15, 0.2) is 24.3 Å². The number of hydrogen-bond donors (Lipinski definition) is 2. The van der Waals surface area contributed by atoms with E-state index in [-0.39, 0.29) is 61.7 Å². The number of rotatable bonds is 98. The molecule has 0 rings (SSSR count). The summed E-state index contributed by atoms with van der Waals surface area (Å²) in [6.07, 6.45) is 44.6. The number of allylic oxidation sites excluding steroid dienone is 4. The topological polar surface area (TPSA) is 256 Å². The molecule has 0 aromatic heterocycles. The van der Waals surface area contributed by atoms with Gasteiger partial charge in [0, 0.05) is 26.2 Å². The van der Waals surface area contributed by atoms with Gasteiger partial charge >= 0.3 is 11.9 Å². The summed E-state index contributed by atoms with van der Waals surface area (Å²) < 4.78 is 110. The van der Waals surface area contributed by atoms with Crippen molar-refractivity contribution in [2.75, 3.05) is 237 Å². The van der Waals surface area contributed by atoms with Gasteiger partial charge in [-0.05, 0) is 133 Å². The van der Waals surface area contributed by atoms with Crippen LogP contribution >= 0.6 is 0 Å². The van der Waals surface area contributed by atoms with Crippen molar-refractivity contribution in [2.24, 2.45) is 0 Å². The molecule has 684 valence electrons. The highest BCUT2D eigenvalue weighted by Crippen LogP contribution is 2.15. The van der Waals surface area contributed by atoms with Gasteiger partial charge in [0.2, 0.25) is 0 Å². The van der Waals surface area contributed by atoms with Crippen molar-refractivity contribution in [3.05, 3.63) is 24.3 Å². The summed E-state index contributed by atoms with van der Waals surface area (Å²) >= 11 is 0. The fourth-order valence-electron chi connectivity index (χ4n) is 11.9. The van der Waals surface area contributed by atoms with Crippen molar-refractivity contribution >= 4 is 11.9 Å². The molecule has 0 saturated carbocycles. The summed E-state index contributed by atoms with van der Waals surface area (Å²) in [4.78, 5) is 26.9. The summed E-state index contributed by atoms with van der Waals surface area (Å²) in [7, 11) is 0.